The van der Waals surface area contributed by atoms with Gasteiger partial charge in [0, 0.05) is 43.8 Å². The van der Waals surface area contributed by atoms with Gasteiger partial charge in [-0.1, -0.05) is 46.0 Å². The molecule has 0 bridgehead atoms. The number of nitrogens with zero attached hydrogens (tertiary/aromatic N) is 2. The number of ether oxygens (including phenoxy) is 2. The van der Waals surface area contributed by atoms with Crippen LogP contribution in [0.25, 0.3) is 0 Å². The quantitative estimate of drug-likeness (QED) is 0.649. The molecular weight excluding hydrogens is 437 g/mol. The summed E-state index contributed by atoms with van der Waals surface area (Å²) in [5, 5.41) is 2.83. The summed E-state index contributed by atoms with van der Waals surface area (Å²) in [4.78, 5) is 29.7. The highest BCUT2D eigenvalue weighted by atomic mass is 19.1. The van der Waals surface area contributed by atoms with Crippen molar-refractivity contribution in [1.29, 1.82) is 0 Å². The normalized spacial score (nSPS) is 21.1. The van der Waals surface area contributed by atoms with E-state index >= 15 is 0 Å². The van der Waals surface area contributed by atoms with Gasteiger partial charge < -0.3 is 24.6 Å². The van der Waals surface area contributed by atoms with Gasteiger partial charge in [-0.05, 0) is 36.1 Å². The van der Waals surface area contributed by atoms with E-state index in [1.165, 1.54) is 25.3 Å². The van der Waals surface area contributed by atoms with Gasteiger partial charge in [0.1, 0.15) is 5.82 Å². The van der Waals surface area contributed by atoms with Crippen LogP contribution in [0.1, 0.15) is 57.9 Å². The Morgan fingerprint density at radius 2 is 1.94 bits per heavy atom. The van der Waals surface area contributed by atoms with E-state index in [-0.39, 0.29) is 17.1 Å². The maximum Gasteiger partial charge on any atom is 0.407 e. The van der Waals surface area contributed by atoms with Crippen molar-refractivity contribution in [3.05, 3.63) is 29.6 Å². The molecule has 8 heteroatoms. The van der Waals surface area contributed by atoms with Gasteiger partial charge in [-0.2, -0.15) is 0 Å². The lowest BCUT2D eigenvalue weighted by Crippen LogP contribution is -2.48. The Labute approximate surface area is 201 Å². The minimum atomic E-state index is -0.754. The Balaban J connectivity index is 1.32. The number of halogens is 1. The molecule has 34 heavy (non-hydrogen) atoms. The number of alkyl carbamates (subject to hydrolysis) is 1. The number of nitrogens with one attached hydrogen (secondary N) is 1. The van der Waals surface area contributed by atoms with E-state index in [0.29, 0.717) is 51.7 Å². The highest BCUT2D eigenvalue weighted by Gasteiger charge is 2.35. The zero-order valence-corrected chi connectivity index (χ0v) is 20.5. The van der Waals surface area contributed by atoms with Crippen molar-refractivity contribution in [2.75, 3.05) is 50.8 Å². The largest absolute Gasteiger partial charge is 0.436 e. The minimum absolute atomic E-state index is 0.110. The average Bonchev–Trinajstić information content (AvgIpc) is 3.08. The molecule has 0 unspecified atom stereocenters. The second-order valence-corrected chi connectivity index (χ2v) is 10.5. The topological polar surface area (TPSA) is 71.1 Å². The van der Waals surface area contributed by atoms with E-state index in [1.54, 1.807) is 17.0 Å². The highest BCUT2D eigenvalue weighted by molar-refractivity contribution is 5.83. The standard InChI is InChI=1S/C26H38FN3O4/c1-26(2)18-30(22-9-8-20(27)17-21(22)26)11-10-28-25(32)34-23(16-19-6-4-3-5-7-19)24(31)29-12-14-33-15-13-29/h8-9,17,19,23H,3-7,10-16,18H2,1-2H3,(H,28,32)/t23-/m0/s1. The van der Waals surface area contributed by atoms with Gasteiger partial charge in [-0.15, -0.1) is 0 Å². The number of carbonyl (C=O) groups is 2. The van der Waals surface area contributed by atoms with Crippen molar-refractivity contribution in [1.82, 2.24) is 10.2 Å². The molecule has 4 rings (SSSR count). The number of carbonyl (C=O) groups excluding carboxylic acids is 2. The second-order valence-electron chi connectivity index (χ2n) is 10.5. The van der Waals surface area contributed by atoms with Gasteiger partial charge in [-0.25, -0.2) is 9.18 Å². The van der Waals surface area contributed by atoms with Crippen molar-refractivity contribution < 1.29 is 23.5 Å². The SMILES string of the molecule is CC1(C)CN(CCNC(=O)O[C@@H](CC2CCCCC2)C(=O)N2CCOCC2)c2ccc(F)cc21. The summed E-state index contributed by atoms with van der Waals surface area (Å²) in [7, 11) is 0. The molecule has 0 aromatic heterocycles. The molecule has 2 aliphatic heterocycles. The molecule has 1 saturated heterocycles. The summed E-state index contributed by atoms with van der Waals surface area (Å²) >= 11 is 0. The van der Waals surface area contributed by atoms with Crippen molar-refractivity contribution in [2.45, 2.75) is 63.9 Å². The molecule has 1 aromatic rings. The van der Waals surface area contributed by atoms with Crippen LogP contribution in [0, 0.1) is 11.7 Å². The monoisotopic (exact) mass is 475 g/mol. The Kier molecular flexibility index (Phi) is 7.96. The van der Waals surface area contributed by atoms with Crippen LogP contribution in [0.4, 0.5) is 14.9 Å². The fraction of sp³-hybridized carbons (Fsp3) is 0.692. The van der Waals surface area contributed by atoms with Gasteiger partial charge >= 0.3 is 6.09 Å². The summed E-state index contributed by atoms with van der Waals surface area (Å²) in [6, 6.07) is 4.88. The van der Waals surface area contributed by atoms with E-state index in [0.717, 1.165) is 30.6 Å². The molecule has 1 saturated carbocycles. The highest BCUT2D eigenvalue weighted by Crippen LogP contribution is 2.40. The number of hydrogen-bond acceptors (Lipinski definition) is 5. The molecule has 7 nitrogen and oxygen atoms in total. The third-order valence-corrected chi connectivity index (χ3v) is 7.39. The van der Waals surface area contributed by atoms with Gasteiger partial charge in [0.2, 0.25) is 0 Å². The van der Waals surface area contributed by atoms with Gasteiger partial charge in [0.25, 0.3) is 5.91 Å². The number of benzene rings is 1. The molecule has 1 aliphatic carbocycles. The van der Waals surface area contributed by atoms with Gasteiger partial charge in [0.15, 0.2) is 6.10 Å². The van der Waals surface area contributed by atoms with E-state index < -0.39 is 12.2 Å². The summed E-state index contributed by atoms with van der Waals surface area (Å²) in [5.41, 5.74) is 1.83. The summed E-state index contributed by atoms with van der Waals surface area (Å²) in [6.45, 7) is 8.03. The second kappa shape index (κ2) is 10.9. The first kappa shape index (κ1) is 24.8. The average molecular weight is 476 g/mol. The predicted molar refractivity (Wildman–Crippen MR) is 129 cm³/mol. The van der Waals surface area contributed by atoms with Crippen LogP contribution >= 0.6 is 0 Å². The summed E-state index contributed by atoms with van der Waals surface area (Å²) in [6.07, 6.45) is 5.03. The van der Waals surface area contributed by atoms with Crippen LogP contribution in [0.3, 0.4) is 0 Å². The van der Waals surface area contributed by atoms with Gasteiger partial charge in [-0.3, -0.25) is 4.79 Å². The maximum absolute atomic E-state index is 13.7. The first-order valence-corrected chi connectivity index (χ1v) is 12.7. The lowest BCUT2D eigenvalue weighted by molar-refractivity contribution is -0.145. The van der Waals surface area contributed by atoms with Crippen LogP contribution in [0.5, 0.6) is 0 Å². The first-order chi connectivity index (χ1) is 16.3. The number of rotatable bonds is 7. The van der Waals surface area contributed by atoms with Crippen molar-refractivity contribution in [3.8, 4) is 0 Å². The fourth-order valence-corrected chi connectivity index (χ4v) is 5.55. The summed E-state index contributed by atoms with van der Waals surface area (Å²) in [5.74, 6) is 0.0749. The number of fused-ring (bicyclic) bond motifs is 1. The van der Waals surface area contributed by atoms with Crippen LogP contribution in [-0.4, -0.2) is 68.9 Å². The van der Waals surface area contributed by atoms with Crippen LogP contribution in [-0.2, 0) is 19.7 Å². The Morgan fingerprint density at radius 1 is 1.21 bits per heavy atom. The Morgan fingerprint density at radius 3 is 2.68 bits per heavy atom. The van der Waals surface area contributed by atoms with Crippen molar-refractivity contribution >= 4 is 17.7 Å². The third kappa shape index (κ3) is 6.01. The zero-order valence-electron chi connectivity index (χ0n) is 20.5. The molecule has 0 radical (unpaired) electrons. The van der Waals surface area contributed by atoms with E-state index in [2.05, 4.69) is 24.1 Å². The van der Waals surface area contributed by atoms with E-state index in [4.69, 9.17) is 9.47 Å². The molecular formula is C26H38FN3O4. The molecule has 2 fully saturated rings. The van der Waals surface area contributed by atoms with Crippen LogP contribution < -0.4 is 10.2 Å². The molecule has 2 heterocycles. The number of hydrogen-bond donors (Lipinski definition) is 1. The van der Waals surface area contributed by atoms with E-state index in [1.807, 2.05) is 0 Å². The number of anilines is 1. The molecule has 1 aromatic carbocycles. The molecule has 2 amide bonds. The van der Waals surface area contributed by atoms with Gasteiger partial charge in [0.05, 0.1) is 13.2 Å². The Bertz CT molecular complexity index is 866. The lowest BCUT2D eigenvalue weighted by Gasteiger charge is -2.32. The Hall–Kier alpha value is -2.35. The smallest absolute Gasteiger partial charge is 0.407 e. The zero-order chi connectivity index (χ0) is 24.1. The molecule has 0 spiro atoms. The molecule has 1 N–H and O–H groups in total. The van der Waals surface area contributed by atoms with Crippen LogP contribution in [0.2, 0.25) is 0 Å². The third-order valence-electron chi connectivity index (χ3n) is 7.39. The predicted octanol–water partition coefficient (Wildman–Crippen LogP) is 3.85. The minimum Gasteiger partial charge on any atom is -0.436 e. The van der Waals surface area contributed by atoms with Crippen molar-refractivity contribution in [2.24, 2.45) is 5.92 Å². The van der Waals surface area contributed by atoms with Crippen LogP contribution in [0.15, 0.2) is 18.2 Å². The van der Waals surface area contributed by atoms with Crippen molar-refractivity contribution in [3.63, 3.8) is 0 Å². The number of amides is 2. The lowest BCUT2D eigenvalue weighted by atomic mass is 9.85. The summed E-state index contributed by atoms with van der Waals surface area (Å²) < 4.78 is 24.8. The molecule has 1 atom stereocenters. The molecule has 3 aliphatic rings. The molecule has 188 valence electrons. The number of morpholine rings is 1. The van der Waals surface area contributed by atoms with E-state index in [9.17, 15) is 14.0 Å². The first-order valence-electron chi connectivity index (χ1n) is 12.7. The maximum atomic E-state index is 13.7. The fourth-order valence-electron chi connectivity index (χ4n) is 5.55.